The van der Waals surface area contributed by atoms with Crippen LogP contribution in [0, 0.1) is 0 Å². The van der Waals surface area contributed by atoms with Gasteiger partial charge in [0.2, 0.25) is 5.71 Å². The average Bonchev–Trinajstić information content (AvgIpc) is 3.94. The second kappa shape index (κ2) is 26.0. The number of ether oxygens (including phenoxy) is 1. The first-order valence-electron chi connectivity index (χ1n) is 24.3. The molecule has 4 aliphatic rings. The number of carbonyl (C=O) groups excluding carboxylic acids is 1. The Hall–Kier alpha value is -2.14. The summed E-state index contributed by atoms with van der Waals surface area (Å²) in [6.07, 6.45) is 9.32. The van der Waals surface area contributed by atoms with Crippen LogP contribution in [-0.2, 0) is 55.3 Å². The van der Waals surface area contributed by atoms with Gasteiger partial charge >= 0.3 is 94.8 Å². The summed E-state index contributed by atoms with van der Waals surface area (Å²) in [6, 6.07) is 17.4. The van der Waals surface area contributed by atoms with Crippen molar-refractivity contribution in [1.82, 2.24) is 4.90 Å². The van der Waals surface area contributed by atoms with Crippen molar-refractivity contribution >= 4 is 87.1 Å². The number of rotatable bonds is 15. The Morgan fingerprint density at radius 3 is 1.70 bits per heavy atom. The van der Waals surface area contributed by atoms with E-state index in [2.05, 4.69) is 50.9 Å². The average molecular weight is 1160 g/mol. The summed E-state index contributed by atoms with van der Waals surface area (Å²) in [5, 5.41) is 15.0. The van der Waals surface area contributed by atoms with Gasteiger partial charge in [-0.15, -0.1) is 0 Å². The summed E-state index contributed by atoms with van der Waals surface area (Å²) in [5.41, 5.74) is 6.80. The minimum atomic E-state index is -4.74. The Bertz CT molecular complexity index is 3430. The summed E-state index contributed by atoms with van der Waals surface area (Å²) in [4.78, 5) is 19.0. The number of anilines is 2. The molecule has 1 aliphatic carbocycles. The van der Waals surface area contributed by atoms with Gasteiger partial charge in [0.05, 0.1) is 52.0 Å². The quantitative estimate of drug-likeness (QED) is 0.0350. The minimum absolute atomic E-state index is 0. The Kier molecular flexibility index (Phi) is 22.2. The minimum Gasteiger partial charge on any atom is -0.748 e. The van der Waals surface area contributed by atoms with Crippen LogP contribution in [0.3, 0.4) is 0 Å². The summed E-state index contributed by atoms with van der Waals surface area (Å²) in [7, 11) is -13.7. The van der Waals surface area contributed by atoms with Gasteiger partial charge in [-0.2, -0.15) is 12.8 Å². The van der Waals surface area contributed by atoms with Crippen molar-refractivity contribution in [2.75, 3.05) is 55.7 Å². The first kappa shape index (κ1) is 65.7. The van der Waals surface area contributed by atoms with Gasteiger partial charge in [-0.05, 0) is 128 Å². The fourth-order valence-corrected chi connectivity index (χ4v) is 12.6. The van der Waals surface area contributed by atoms with Crippen LogP contribution in [0.4, 0.5) is 16.2 Å². The number of fused-ring (bicyclic) bond motifs is 6. The van der Waals surface area contributed by atoms with E-state index in [9.17, 15) is 49.0 Å². The molecule has 18 nitrogen and oxygen atoms in total. The molecule has 77 heavy (non-hydrogen) atoms. The molecule has 1 saturated heterocycles. The normalized spacial score (nSPS) is 20.1. The van der Waals surface area contributed by atoms with Gasteiger partial charge in [-0.25, -0.2) is 26.2 Å². The van der Waals surface area contributed by atoms with E-state index in [1.807, 2.05) is 61.2 Å². The van der Waals surface area contributed by atoms with Crippen LogP contribution in [0.1, 0.15) is 85.3 Å². The molecule has 2 unspecified atom stereocenters. The number of benzene rings is 4. The smallest absolute Gasteiger partial charge is 0.748 e. The molecule has 398 valence electrons. The fraction of sp³-hybridized carbons (Fsp3) is 0.423. The number of carbonyl (C=O) groups is 1. The standard InChI is InChI=1S/C52H62N4O14S4.3Na/c1-8-68-50(57)54-29-27-53(28-30-54)49-35(13-21-45-51(4,5)47-41-17-15-39(71-70-69-58)31-37(41)11-19-43(47)55(45)25-23-33(2)72(59,60)61)9-10-36(49)14-22-46-52(6,7)48-42-18-16-40(74(65,66)67)32-38(42)12-20-44(48)56(46)26-24-34(3)73(62,63)64;;;/h11-22,31-34H,8-10,23-30H2,1-7H3,(H3-,58,59,60,61,62,63,64,65,66,67);;;/q;3*+1/p-2. The van der Waals surface area contributed by atoms with Gasteiger partial charge < -0.3 is 28.9 Å². The molecule has 8 rings (SSSR count). The molecule has 4 aromatic rings. The Morgan fingerprint density at radius 1 is 0.740 bits per heavy atom. The predicted octanol–water partition coefficient (Wildman–Crippen LogP) is -1.63. The largest absolute Gasteiger partial charge is 1.00 e. The van der Waals surface area contributed by atoms with Crippen molar-refractivity contribution in [2.24, 2.45) is 0 Å². The maximum Gasteiger partial charge on any atom is 1.00 e. The second-order valence-corrected chi connectivity index (χ2v) is 25.9. The van der Waals surface area contributed by atoms with E-state index in [1.54, 1.807) is 24.0 Å². The van der Waals surface area contributed by atoms with Gasteiger partial charge in [0.1, 0.15) is 10.1 Å². The van der Waals surface area contributed by atoms with Crippen molar-refractivity contribution < 1.29 is 156 Å². The number of hydrogen-bond donors (Lipinski definition) is 1. The zero-order valence-corrected chi connectivity index (χ0v) is 54.5. The van der Waals surface area contributed by atoms with Crippen LogP contribution < -0.4 is 104 Å². The van der Waals surface area contributed by atoms with E-state index in [4.69, 9.17) is 4.74 Å². The number of allylic oxidation sites excluding steroid dienone is 8. The molecule has 2 atom stereocenters. The molecule has 25 heteroatoms. The van der Waals surface area contributed by atoms with Crippen LogP contribution >= 0.6 is 12.0 Å². The monoisotopic (exact) mass is 1160 g/mol. The maximum atomic E-state index is 12.9. The van der Waals surface area contributed by atoms with Crippen molar-refractivity contribution in [3.05, 3.63) is 119 Å². The third-order valence-electron chi connectivity index (χ3n) is 14.9. The van der Waals surface area contributed by atoms with Crippen LogP contribution in [0.15, 0.2) is 117 Å². The first-order chi connectivity index (χ1) is 34.8. The molecule has 4 aromatic carbocycles. The summed E-state index contributed by atoms with van der Waals surface area (Å²) in [6.45, 7) is 15.4. The molecule has 0 spiro atoms. The third kappa shape index (κ3) is 13.9. The number of amides is 1. The number of piperazine rings is 1. The molecule has 3 aliphatic heterocycles. The topological polar surface area (TPSA) is 249 Å². The summed E-state index contributed by atoms with van der Waals surface area (Å²) in [5.74, 6) is 0. The Balaban J connectivity index is 0.00000364. The number of nitrogens with zero attached hydrogens (tertiary/aromatic N) is 4. The van der Waals surface area contributed by atoms with Crippen LogP contribution in [0.2, 0.25) is 0 Å². The Labute approximate surface area is 522 Å². The second-order valence-electron chi connectivity index (χ2n) is 20.1. The SMILES string of the molecule is CCOC(=O)N1CC[N+](=C2C(=C/C=C3/N(CCC(C)S(=O)(=O)[O-])c4ccc5cc(S(=O)(=O)[O-])ccc5c4C3(C)C)CCC2=C/C=C2/N(CCC(C)S(=O)(=O)O)c3ccc4cc(SOO[O-])ccc4c3C2(C)C)CC1.[Na+].[Na+].[Na+]. The van der Waals surface area contributed by atoms with E-state index in [-0.39, 0.29) is 132 Å². The number of hydrogen-bond acceptors (Lipinski definition) is 16. The molecular weight excluding hydrogens is 1100 g/mol. The van der Waals surface area contributed by atoms with E-state index in [0.29, 0.717) is 54.7 Å². The van der Waals surface area contributed by atoms with Crippen molar-refractivity contribution in [2.45, 2.75) is 105 Å². The van der Waals surface area contributed by atoms with Gasteiger partial charge in [-0.1, -0.05) is 64.1 Å². The predicted molar refractivity (Wildman–Crippen MR) is 279 cm³/mol. The van der Waals surface area contributed by atoms with Gasteiger partial charge in [-0.3, -0.25) is 14.5 Å². The molecular formula is C52H60N4Na3O14S4+. The maximum absolute atomic E-state index is 12.9. The van der Waals surface area contributed by atoms with Gasteiger partial charge in [0.25, 0.3) is 10.1 Å². The summed E-state index contributed by atoms with van der Waals surface area (Å²) >= 11 is 0.790. The molecule has 0 bridgehead atoms. The van der Waals surface area contributed by atoms with Crippen LogP contribution in [0.25, 0.3) is 21.5 Å². The summed E-state index contributed by atoms with van der Waals surface area (Å²) < 4.78 is 119. The molecule has 1 amide bonds. The van der Waals surface area contributed by atoms with Crippen molar-refractivity contribution in [3.8, 4) is 0 Å². The molecule has 1 saturated carbocycles. The van der Waals surface area contributed by atoms with Crippen LogP contribution in [0.5, 0.6) is 0 Å². The molecule has 2 fully saturated rings. The first-order valence-corrected chi connectivity index (χ1v) is 29.5. The third-order valence-corrected chi connectivity index (χ3v) is 18.8. The Morgan fingerprint density at radius 2 is 1.23 bits per heavy atom. The van der Waals surface area contributed by atoms with Gasteiger partial charge in [0.15, 0.2) is 13.1 Å². The van der Waals surface area contributed by atoms with E-state index in [1.165, 1.54) is 26.0 Å². The molecule has 3 heterocycles. The van der Waals surface area contributed by atoms with E-state index in [0.717, 1.165) is 73.6 Å². The fourth-order valence-electron chi connectivity index (χ4n) is 10.9. The molecule has 1 N–H and O–H groups in total. The van der Waals surface area contributed by atoms with Crippen molar-refractivity contribution in [1.29, 1.82) is 0 Å². The van der Waals surface area contributed by atoms with E-state index < -0.39 is 51.7 Å². The zero-order chi connectivity index (χ0) is 53.7. The van der Waals surface area contributed by atoms with Crippen molar-refractivity contribution in [3.63, 3.8) is 0 Å². The molecule has 0 aromatic heterocycles. The molecule has 0 radical (unpaired) electrons. The van der Waals surface area contributed by atoms with Gasteiger partial charge in [0, 0.05) is 68.0 Å². The van der Waals surface area contributed by atoms with Crippen LogP contribution in [-0.4, -0.2) is 117 Å². The van der Waals surface area contributed by atoms with E-state index >= 15 is 0 Å². The zero-order valence-electron chi connectivity index (χ0n) is 45.2.